The van der Waals surface area contributed by atoms with Crippen molar-refractivity contribution in [3.8, 4) is 0 Å². The SMILES string of the molecule is CCC(C)(C)NS(=O)(=O)c1ccc(N)cc1. The Bertz CT molecular complexity index is 449. The first-order chi connectivity index (χ1) is 7.27. The van der Waals surface area contributed by atoms with Crippen molar-refractivity contribution in [2.45, 2.75) is 37.6 Å². The maximum atomic E-state index is 12.0. The van der Waals surface area contributed by atoms with Gasteiger partial charge in [0.15, 0.2) is 0 Å². The van der Waals surface area contributed by atoms with Crippen LogP contribution in [0.3, 0.4) is 0 Å². The van der Waals surface area contributed by atoms with Crippen molar-refractivity contribution < 1.29 is 8.42 Å². The third-order valence-electron chi connectivity index (χ3n) is 2.48. The fraction of sp³-hybridized carbons (Fsp3) is 0.455. The van der Waals surface area contributed by atoms with Gasteiger partial charge in [0, 0.05) is 11.2 Å². The van der Waals surface area contributed by atoms with Gasteiger partial charge in [-0.15, -0.1) is 0 Å². The molecule has 0 atom stereocenters. The first kappa shape index (κ1) is 13.0. The molecule has 0 heterocycles. The molecule has 0 aliphatic heterocycles. The predicted octanol–water partition coefficient (Wildman–Crippen LogP) is 1.74. The van der Waals surface area contributed by atoms with Crippen LogP contribution in [0.5, 0.6) is 0 Å². The number of nitrogen functional groups attached to an aromatic ring is 1. The zero-order chi connectivity index (χ0) is 12.4. The molecule has 0 radical (unpaired) electrons. The number of nitrogens with one attached hydrogen (secondary N) is 1. The fourth-order valence-corrected chi connectivity index (χ4v) is 2.63. The number of sulfonamides is 1. The summed E-state index contributed by atoms with van der Waals surface area (Å²) >= 11 is 0. The van der Waals surface area contributed by atoms with Gasteiger partial charge >= 0.3 is 0 Å². The van der Waals surface area contributed by atoms with Gasteiger partial charge in [0.25, 0.3) is 0 Å². The molecule has 1 aromatic carbocycles. The lowest BCUT2D eigenvalue weighted by Gasteiger charge is -2.24. The van der Waals surface area contributed by atoms with Crippen LogP contribution in [0.4, 0.5) is 5.69 Å². The number of anilines is 1. The summed E-state index contributed by atoms with van der Waals surface area (Å²) in [6, 6.07) is 6.16. The summed E-state index contributed by atoms with van der Waals surface area (Å²) in [5, 5.41) is 0. The molecule has 5 heteroatoms. The summed E-state index contributed by atoms with van der Waals surface area (Å²) in [5.74, 6) is 0. The van der Waals surface area contributed by atoms with E-state index in [0.29, 0.717) is 5.69 Å². The molecule has 0 saturated carbocycles. The molecule has 16 heavy (non-hydrogen) atoms. The average Bonchev–Trinajstić information content (AvgIpc) is 2.17. The van der Waals surface area contributed by atoms with Gasteiger partial charge in [-0.25, -0.2) is 13.1 Å². The zero-order valence-corrected chi connectivity index (χ0v) is 10.6. The molecule has 4 nitrogen and oxygen atoms in total. The number of benzene rings is 1. The quantitative estimate of drug-likeness (QED) is 0.790. The largest absolute Gasteiger partial charge is 0.399 e. The van der Waals surface area contributed by atoms with E-state index in [4.69, 9.17) is 5.73 Å². The molecule has 90 valence electrons. The highest BCUT2D eigenvalue weighted by atomic mass is 32.2. The summed E-state index contributed by atoms with van der Waals surface area (Å²) in [7, 11) is -3.45. The van der Waals surface area contributed by atoms with Gasteiger partial charge in [-0.05, 0) is 44.5 Å². The molecule has 0 aliphatic carbocycles. The summed E-state index contributed by atoms with van der Waals surface area (Å²) < 4.78 is 26.6. The van der Waals surface area contributed by atoms with E-state index in [-0.39, 0.29) is 4.90 Å². The van der Waals surface area contributed by atoms with Gasteiger partial charge in [-0.3, -0.25) is 0 Å². The van der Waals surface area contributed by atoms with E-state index in [1.54, 1.807) is 12.1 Å². The molecule has 0 saturated heterocycles. The molecular weight excluding hydrogens is 224 g/mol. The second-order valence-corrected chi connectivity index (χ2v) is 6.09. The Labute approximate surface area is 96.9 Å². The van der Waals surface area contributed by atoms with Crippen LogP contribution in [0, 0.1) is 0 Å². The smallest absolute Gasteiger partial charge is 0.241 e. The van der Waals surface area contributed by atoms with Crippen LogP contribution >= 0.6 is 0 Å². The predicted molar refractivity (Wildman–Crippen MR) is 65.5 cm³/mol. The monoisotopic (exact) mass is 242 g/mol. The molecule has 0 fully saturated rings. The maximum absolute atomic E-state index is 12.0. The van der Waals surface area contributed by atoms with Crippen LogP contribution in [0.15, 0.2) is 29.2 Å². The average molecular weight is 242 g/mol. The van der Waals surface area contributed by atoms with Crippen molar-refractivity contribution in [1.29, 1.82) is 0 Å². The zero-order valence-electron chi connectivity index (χ0n) is 9.82. The molecule has 0 aliphatic rings. The fourth-order valence-electron chi connectivity index (χ4n) is 1.14. The van der Waals surface area contributed by atoms with E-state index in [1.165, 1.54) is 12.1 Å². The molecule has 0 bridgehead atoms. The number of rotatable bonds is 4. The Balaban J connectivity index is 2.99. The Morgan fingerprint density at radius 1 is 1.25 bits per heavy atom. The van der Waals surface area contributed by atoms with Crippen LogP contribution in [-0.2, 0) is 10.0 Å². The maximum Gasteiger partial charge on any atom is 0.241 e. The molecule has 1 rings (SSSR count). The highest BCUT2D eigenvalue weighted by Gasteiger charge is 2.24. The highest BCUT2D eigenvalue weighted by molar-refractivity contribution is 7.89. The third-order valence-corrected chi connectivity index (χ3v) is 4.20. The van der Waals surface area contributed by atoms with Crippen molar-refractivity contribution in [1.82, 2.24) is 4.72 Å². The normalized spacial score (nSPS) is 12.7. The first-order valence-electron chi connectivity index (χ1n) is 5.16. The standard InChI is InChI=1S/C11H18N2O2S/c1-4-11(2,3)13-16(14,15)10-7-5-9(12)6-8-10/h5-8,13H,4,12H2,1-3H3. The van der Waals surface area contributed by atoms with E-state index in [0.717, 1.165) is 6.42 Å². The lowest BCUT2D eigenvalue weighted by molar-refractivity contribution is 0.439. The van der Waals surface area contributed by atoms with Gasteiger partial charge in [0.1, 0.15) is 0 Å². The Kier molecular flexibility index (Phi) is 3.60. The van der Waals surface area contributed by atoms with E-state index in [2.05, 4.69) is 4.72 Å². The van der Waals surface area contributed by atoms with Gasteiger partial charge in [-0.1, -0.05) is 6.92 Å². The minimum absolute atomic E-state index is 0.239. The minimum Gasteiger partial charge on any atom is -0.399 e. The lowest BCUT2D eigenvalue weighted by Crippen LogP contribution is -2.42. The number of nitrogens with two attached hydrogens (primary N) is 1. The van der Waals surface area contributed by atoms with Gasteiger partial charge < -0.3 is 5.73 Å². The number of hydrogen-bond donors (Lipinski definition) is 2. The summed E-state index contributed by atoms with van der Waals surface area (Å²) in [4.78, 5) is 0.239. The van der Waals surface area contributed by atoms with Crippen LogP contribution in [0.2, 0.25) is 0 Å². The van der Waals surface area contributed by atoms with Crippen LogP contribution in [0.1, 0.15) is 27.2 Å². The van der Waals surface area contributed by atoms with Crippen LogP contribution in [-0.4, -0.2) is 14.0 Å². The summed E-state index contributed by atoms with van der Waals surface area (Å²) in [6.45, 7) is 5.63. The molecule has 1 aromatic rings. The van der Waals surface area contributed by atoms with Crippen molar-refractivity contribution in [3.63, 3.8) is 0 Å². The van der Waals surface area contributed by atoms with Crippen molar-refractivity contribution >= 4 is 15.7 Å². The van der Waals surface area contributed by atoms with Crippen molar-refractivity contribution in [3.05, 3.63) is 24.3 Å². The molecule has 3 N–H and O–H groups in total. The molecule has 0 spiro atoms. The highest BCUT2D eigenvalue weighted by Crippen LogP contribution is 2.16. The van der Waals surface area contributed by atoms with E-state index >= 15 is 0 Å². The molecular formula is C11H18N2O2S. The van der Waals surface area contributed by atoms with Gasteiger partial charge in [-0.2, -0.15) is 0 Å². The third kappa shape index (κ3) is 3.21. The van der Waals surface area contributed by atoms with E-state index < -0.39 is 15.6 Å². The molecule has 0 amide bonds. The van der Waals surface area contributed by atoms with Crippen molar-refractivity contribution in [2.75, 3.05) is 5.73 Å². The lowest BCUT2D eigenvalue weighted by atomic mass is 10.0. The van der Waals surface area contributed by atoms with Gasteiger partial charge in [0.05, 0.1) is 4.90 Å². The Morgan fingerprint density at radius 2 is 1.75 bits per heavy atom. The van der Waals surface area contributed by atoms with Crippen LogP contribution < -0.4 is 10.5 Å². The molecule has 0 aromatic heterocycles. The van der Waals surface area contributed by atoms with Gasteiger partial charge in [0.2, 0.25) is 10.0 Å². The number of hydrogen-bond acceptors (Lipinski definition) is 3. The Morgan fingerprint density at radius 3 is 2.19 bits per heavy atom. The Hall–Kier alpha value is -1.07. The van der Waals surface area contributed by atoms with Crippen LogP contribution in [0.25, 0.3) is 0 Å². The second kappa shape index (κ2) is 4.43. The van der Waals surface area contributed by atoms with E-state index in [9.17, 15) is 8.42 Å². The summed E-state index contributed by atoms with van der Waals surface area (Å²) in [5.41, 5.74) is 5.61. The minimum atomic E-state index is -3.45. The van der Waals surface area contributed by atoms with E-state index in [1.807, 2.05) is 20.8 Å². The molecule has 0 unspecified atom stereocenters. The summed E-state index contributed by atoms with van der Waals surface area (Å²) in [6.07, 6.45) is 0.723. The first-order valence-corrected chi connectivity index (χ1v) is 6.65. The second-order valence-electron chi connectivity index (χ2n) is 4.41. The van der Waals surface area contributed by atoms with Crippen molar-refractivity contribution in [2.24, 2.45) is 0 Å². The topological polar surface area (TPSA) is 72.2 Å².